The van der Waals surface area contributed by atoms with E-state index in [-0.39, 0.29) is 31.6 Å². The van der Waals surface area contributed by atoms with Gasteiger partial charge in [-0.15, -0.1) is 0 Å². The van der Waals surface area contributed by atoms with Crippen LogP contribution >= 0.6 is 0 Å². The summed E-state index contributed by atoms with van der Waals surface area (Å²) in [6.45, 7) is 1.80. The van der Waals surface area contributed by atoms with Gasteiger partial charge < -0.3 is 13.9 Å². The predicted molar refractivity (Wildman–Crippen MR) is 76.6 cm³/mol. The van der Waals surface area contributed by atoms with Crippen molar-refractivity contribution in [3.8, 4) is 0 Å². The molecule has 24 heavy (non-hydrogen) atoms. The molecule has 128 valence electrons. The van der Waals surface area contributed by atoms with Crippen LogP contribution in [0.2, 0.25) is 0 Å². The van der Waals surface area contributed by atoms with Gasteiger partial charge in [0.05, 0.1) is 37.5 Å². The average Bonchev–Trinajstić information content (AvgIpc) is 3.16. The number of Topliss-reactive ketones (excluding diaryl/α,β-unsaturated/α-hetero) is 2. The minimum absolute atomic E-state index is 0.100. The lowest BCUT2D eigenvalue weighted by Crippen LogP contribution is -2.34. The standard InChI is InChI=1S/C16H16O8/c1-2-22-12(18)6-5-10(17)14(9-8-13(19)24-16(9)21)15(20)11-4-3-7-23-11/h3-4,7,9,14H,2,5-6,8H2,1H3. The Morgan fingerprint density at radius 1 is 1.29 bits per heavy atom. The van der Waals surface area contributed by atoms with Gasteiger partial charge in [-0.25, -0.2) is 0 Å². The lowest BCUT2D eigenvalue weighted by atomic mass is 9.81. The highest BCUT2D eigenvalue weighted by molar-refractivity contribution is 6.13. The highest BCUT2D eigenvalue weighted by atomic mass is 16.6. The largest absolute Gasteiger partial charge is 0.466 e. The fourth-order valence-electron chi connectivity index (χ4n) is 2.49. The van der Waals surface area contributed by atoms with Gasteiger partial charge in [0, 0.05) is 6.42 Å². The zero-order valence-electron chi connectivity index (χ0n) is 13.0. The van der Waals surface area contributed by atoms with E-state index >= 15 is 0 Å². The third kappa shape index (κ3) is 3.95. The minimum Gasteiger partial charge on any atom is -0.466 e. The van der Waals surface area contributed by atoms with E-state index in [1.165, 1.54) is 18.4 Å². The third-order valence-electron chi connectivity index (χ3n) is 3.58. The molecule has 0 radical (unpaired) electrons. The van der Waals surface area contributed by atoms with E-state index < -0.39 is 41.3 Å². The van der Waals surface area contributed by atoms with Crippen LogP contribution in [-0.4, -0.2) is 36.1 Å². The summed E-state index contributed by atoms with van der Waals surface area (Å²) < 4.78 is 14.1. The van der Waals surface area contributed by atoms with E-state index in [1.54, 1.807) is 6.92 Å². The summed E-state index contributed by atoms with van der Waals surface area (Å²) in [5.74, 6) is -6.38. The van der Waals surface area contributed by atoms with Gasteiger partial charge in [-0.3, -0.25) is 24.0 Å². The summed E-state index contributed by atoms with van der Waals surface area (Å²) in [6, 6.07) is 2.82. The highest BCUT2D eigenvalue weighted by Gasteiger charge is 2.46. The second-order valence-corrected chi connectivity index (χ2v) is 5.19. The Morgan fingerprint density at radius 3 is 2.58 bits per heavy atom. The van der Waals surface area contributed by atoms with Gasteiger partial charge in [-0.1, -0.05) is 0 Å². The fraction of sp³-hybridized carbons (Fsp3) is 0.438. The summed E-state index contributed by atoms with van der Waals surface area (Å²) in [4.78, 5) is 59.4. The van der Waals surface area contributed by atoms with E-state index in [4.69, 9.17) is 9.15 Å². The van der Waals surface area contributed by atoms with Crippen molar-refractivity contribution in [2.24, 2.45) is 11.8 Å². The predicted octanol–water partition coefficient (Wildman–Crippen LogP) is 1.08. The maximum atomic E-state index is 12.5. The van der Waals surface area contributed by atoms with Crippen LogP contribution in [0.3, 0.4) is 0 Å². The Balaban J connectivity index is 2.18. The van der Waals surface area contributed by atoms with Gasteiger partial charge >= 0.3 is 17.9 Å². The van der Waals surface area contributed by atoms with Gasteiger partial charge in [0.2, 0.25) is 5.78 Å². The van der Waals surface area contributed by atoms with Crippen molar-refractivity contribution in [3.63, 3.8) is 0 Å². The molecule has 2 rings (SSSR count). The van der Waals surface area contributed by atoms with Crippen LogP contribution in [0.1, 0.15) is 36.7 Å². The Labute approximate surface area is 137 Å². The van der Waals surface area contributed by atoms with Gasteiger partial charge in [0.1, 0.15) is 5.78 Å². The molecule has 2 heterocycles. The summed E-state index contributed by atoms with van der Waals surface area (Å²) in [5, 5.41) is 0. The van der Waals surface area contributed by atoms with Gasteiger partial charge in [-0.2, -0.15) is 0 Å². The molecule has 1 fully saturated rings. The lowest BCUT2D eigenvalue weighted by Gasteiger charge is -2.16. The quantitative estimate of drug-likeness (QED) is 0.393. The van der Waals surface area contributed by atoms with E-state index in [9.17, 15) is 24.0 Å². The normalized spacial score (nSPS) is 18.1. The number of rotatable bonds is 8. The average molecular weight is 336 g/mol. The van der Waals surface area contributed by atoms with Crippen molar-refractivity contribution in [1.29, 1.82) is 0 Å². The molecule has 0 N–H and O–H groups in total. The molecule has 8 nitrogen and oxygen atoms in total. The first-order chi connectivity index (χ1) is 11.4. The summed E-state index contributed by atoms with van der Waals surface area (Å²) >= 11 is 0. The first kappa shape index (κ1) is 17.6. The first-order valence-electron chi connectivity index (χ1n) is 7.44. The van der Waals surface area contributed by atoms with Crippen molar-refractivity contribution in [2.45, 2.75) is 26.2 Å². The third-order valence-corrected chi connectivity index (χ3v) is 3.58. The summed E-state index contributed by atoms with van der Waals surface area (Å²) in [6.07, 6.45) is 0.394. The maximum absolute atomic E-state index is 12.5. The molecule has 0 bridgehead atoms. The fourth-order valence-corrected chi connectivity index (χ4v) is 2.49. The Morgan fingerprint density at radius 2 is 2.04 bits per heavy atom. The van der Waals surface area contributed by atoms with Crippen LogP contribution in [0, 0.1) is 11.8 Å². The van der Waals surface area contributed by atoms with Gasteiger partial charge in [-0.05, 0) is 19.1 Å². The zero-order valence-corrected chi connectivity index (χ0v) is 13.0. The second kappa shape index (κ2) is 7.67. The molecular formula is C16H16O8. The second-order valence-electron chi connectivity index (χ2n) is 5.19. The van der Waals surface area contributed by atoms with Crippen molar-refractivity contribution in [2.75, 3.05) is 6.61 Å². The monoisotopic (exact) mass is 336 g/mol. The molecule has 1 aromatic rings. The highest BCUT2D eigenvalue weighted by Crippen LogP contribution is 2.29. The number of ketones is 2. The molecule has 2 unspecified atom stereocenters. The van der Waals surface area contributed by atoms with Crippen molar-refractivity contribution in [3.05, 3.63) is 24.2 Å². The number of cyclic esters (lactones) is 2. The van der Waals surface area contributed by atoms with E-state index in [1.807, 2.05) is 0 Å². The van der Waals surface area contributed by atoms with E-state index in [2.05, 4.69) is 4.74 Å². The molecule has 1 aliphatic heterocycles. The number of hydrogen-bond acceptors (Lipinski definition) is 8. The van der Waals surface area contributed by atoms with Crippen LogP contribution in [0.25, 0.3) is 0 Å². The van der Waals surface area contributed by atoms with Crippen LogP contribution in [0.4, 0.5) is 0 Å². The van der Waals surface area contributed by atoms with Crippen LogP contribution in [-0.2, 0) is 28.7 Å². The van der Waals surface area contributed by atoms with Gasteiger partial charge in [0.25, 0.3) is 0 Å². The smallest absolute Gasteiger partial charge is 0.318 e. The molecule has 0 aliphatic carbocycles. The molecule has 0 saturated carbocycles. The van der Waals surface area contributed by atoms with Crippen molar-refractivity contribution in [1.82, 2.24) is 0 Å². The molecule has 0 aromatic carbocycles. The molecule has 1 saturated heterocycles. The maximum Gasteiger partial charge on any atom is 0.318 e. The number of ether oxygens (including phenoxy) is 2. The SMILES string of the molecule is CCOC(=O)CCC(=O)C(C(=O)c1ccco1)C1CC(=O)OC1=O. The van der Waals surface area contributed by atoms with E-state index in [0.717, 1.165) is 0 Å². The molecule has 8 heteroatoms. The van der Waals surface area contributed by atoms with Crippen LogP contribution in [0.5, 0.6) is 0 Å². The number of carbonyl (C=O) groups excluding carboxylic acids is 5. The van der Waals surface area contributed by atoms with Crippen LogP contribution < -0.4 is 0 Å². The number of carbonyl (C=O) groups is 5. The Bertz CT molecular complexity index is 658. The molecular weight excluding hydrogens is 320 g/mol. The van der Waals surface area contributed by atoms with E-state index in [0.29, 0.717) is 0 Å². The Hall–Kier alpha value is -2.77. The molecule has 0 amide bonds. The zero-order chi connectivity index (χ0) is 17.7. The molecule has 2 atom stereocenters. The number of hydrogen-bond donors (Lipinski definition) is 0. The number of esters is 3. The summed E-state index contributed by atoms with van der Waals surface area (Å²) in [7, 11) is 0. The first-order valence-corrected chi connectivity index (χ1v) is 7.44. The van der Waals surface area contributed by atoms with Crippen molar-refractivity contribution >= 4 is 29.5 Å². The lowest BCUT2D eigenvalue weighted by molar-refractivity contribution is -0.154. The Kier molecular flexibility index (Phi) is 5.62. The molecule has 1 aliphatic rings. The number of furan rings is 1. The molecule has 0 spiro atoms. The van der Waals surface area contributed by atoms with Crippen molar-refractivity contribution < 1.29 is 37.9 Å². The van der Waals surface area contributed by atoms with Crippen LogP contribution in [0.15, 0.2) is 22.8 Å². The van der Waals surface area contributed by atoms with Gasteiger partial charge in [0.15, 0.2) is 5.76 Å². The topological polar surface area (TPSA) is 117 Å². The minimum atomic E-state index is -1.43. The summed E-state index contributed by atoms with van der Waals surface area (Å²) in [5.41, 5.74) is 0. The molecule has 1 aromatic heterocycles.